The summed E-state index contributed by atoms with van der Waals surface area (Å²) >= 11 is 0. The van der Waals surface area contributed by atoms with E-state index in [1.807, 2.05) is 0 Å². The maximum atomic E-state index is 2.60. The Kier molecular flexibility index (Phi) is 6.25. The van der Waals surface area contributed by atoms with Crippen LogP contribution in [0.2, 0.25) is 0 Å². The van der Waals surface area contributed by atoms with E-state index >= 15 is 0 Å². The maximum Gasteiger partial charge on any atom is 0.0174 e. The van der Waals surface area contributed by atoms with E-state index in [-0.39, 0.29) is 0 Å². The van der Waals surface area contributed by atoms with E-state index in [1.54, 1.807) is 0 Å². The first-order valence-electron chi connectivity index (χ1n) is 8.99. The smallest absolute Gasteiger partial charge is 0.0174 e. The van der Waals surface area contributed by atoms with Crippen molar-refractivity contribution in [2.45, 2.75) is 32.1 Å². The Morgan fingerprint density at radius 2 is 1.13 bits per heavy atom. The molecule has 2 heteroatoms. The Labute approximate surface area is 140 Å². The van der Waals surface area contributed by atoms with Gasteiger partial charge in [0.1, 0.15) is 0 Å². The third kappa shape index (κ3) is 5.19. The van der Waals surface area contributed by atoms with Gasteiger partial charge in [0.25, 0.3) is 0 Å². The molecular formula is C21H28N2. The minimum absolute atomic E-state index is 1.12. The lowest BCUT2D eigenvalue weighted by molar-refractivity contribution is -0.0377. The first kappa shape index (κ1) is 16.2. The zero-order valence-electron chi connectivity index (χ0n) is 14.0. The minimum atomic E-state index is 1.12. The minimum Gasteiger partial charge on any atom is -0.242 e. The molecule has 2 aromatic carbocycles. The Hall–Kier alpha value is -1.64. The van der Waals surface area contributed by atoms with Gasteiger partial charge in [0.2, 0.25) is 0 Å². The summed E-state index contributed by atoms with van der Waals surface area (Å²) in [5.74, 6) is 0. The number of piperidine rings is 1. The third-order valence-corrected chi connectivity index (χ3v) is 4.74. The lowest BCUT2D eigenvalue weighted by Gasteiger charge is -2.37. The molecule has 2 aromatic rings. The first-order chi connectivity index (χ1) is 11.4. The SMILES string of the molecule is c1ccc(CCN(CCc2ccccc2)N2CCCCC2)cc1. The molecule has 2 nitrogen and oxygen atoms in total. The Balaban J connectivity index is 1.58. The summed E-state index contributed by atoms with van der Waals surface area (Å²) in [4.78, 5) is 0. The summed E-state index contributed by atoms with van der Waals surface area (Å²) in [6.07, 6.45) is 6.33. The van der Waals surface area contributed by atoms with E-state index in [0.29, 0.717) is 0 Å². The van der Waals surface area contributed by atoms with Crippen LogP contribution in [-0.4, -0.2) is 36.2 Å². The van der Waals surface area contributed by atoms with Gasteiger partial charge in [0, 0.05) is 26.2 Å². The second-order valence-electron chi connectivity index (χ2n) is 6.44. The quantitative estimate of drug-likeness (QED) is 0.757. The Morgan fingerprint density at radius 1 is 0.652 bits per heavy atom. The lowest BCUT2D eigenvalue weighted by atomic mass is 10.1. The second kappa shape index (κ2) is 8.85. The summed E-state index contributed by atoms with van der Waals surface area (Å²) < 4.78 is 0. The van der Waals surface area contributed by atoms with Crippen LogP contribution in [0, 0.1) is 0 Å². The van der Waals surface area contributed by atoms with Crippen molar-refractivity contribution in [3.05, 3.63) is 71.8 Å². The van der Waals surface area contributed by atoms with Crippen molar-refractivity contribution in [2.75, 3.05) is 26.2 Å². The highest BCUT2D eigenvalue weighted by molar-refractivity contribution is 5.16. The highest BCUT2D eigenvalue weighted by Gasteiger charge is 2.17. The van der Waals surface area contributed by atoms with Gasteiger partial charge in [-0.25, -0.2) is 10.0 Å². The molecule has 23 heavy (non-hydrogen) atoms. The van der Waals surface area contributed by atoms with Crippen molar-refractivity contribution >= 4 is 0 Å². The molecule has 0 saturated carbocycles. The van der Waals surface area contributed by atoms with Crippen molar-refractivity contribution in [2.24, 2.45) is 0 Å². The summed E-state index contributed by atoms with van der Waals surface area (Å²) in [7, 11) is 0. The maximum absolute atomic E-state index is 2.60. The molecule has 1 saturated heterocycles. The van der Waals surface area contributed by atoms with Gasteiger partial charge in [-0.05, 0) is 36.8 Å². The predicted octanol–water partition coefficient (Wildman–Crippen LogP) is 4.17. The highest BCUT2D eigenvalue weighted by atomic mass is 15.6. The van der Waals surface area contributed by atoms with E-state index in [9.17, 15) is 0 Å². The Bertz CT molecular complexity index is 503. The monoisotopic (exact) mass is 308 g/mol. The molecule has 0 spiro atoms. The van der Waals surface area contributed by atoms with Crippen LogP contribution in [0.15, 0.2) is 60.7 Å². The van der Waals surface area contributed by atoms with Crippen LogP contribution in [0.5, 0.6) is 0 Å². The number of hydrogen-bond acceptors (Lipinski definition) is 2. The molecule has 0 radical (unpaired) electrons. The van der Waals surface area contributed by atoms with Crippen LogP contribution in [0.25, 0.3) is 0 Å². The van der Waals surface area contributed by atoms with Crippen molar-refractivity contribution in [3.8, 4) is 0 Å². The van der Waals surface area contributed by atoms with E-state index in [2.05, 4.69) is 70.7 Å². The molecular weight excluding hydrogens is 280 g/mol. The second-order valence-corrected chi connectivity index (χ2v) is 6.44. The summed E-state index contributed by atoms with van der Waals surface area (Å²) in [6.45, 7) is 4.70. The largest absolute Gasteiger partial charge is 0.242 e. The first-order valence-corrected chi connectivity index (χ1v) is 8.99. The fourth-order valence-electron chi connectivity index (χ4n) is 3.36. The van der Waals surface area contributed by atoms with Crippen LogP contribution >= 0.6 is 0 Å². The predicted molar refractivity (Wildman–Crippen MR) is 97.3 cm³/mol. The fraction of sp³-hybridized carbons (Fsp3) is 0.429. The normalized spacial score (nSPS) is 15.9. The summed E-state index contributed by atoms with van der Waals surface area (Å²) in [6, 6.07) is 21.7. The molecule has 1 heterocycles. The number of benzene rings is 2. The van der Waals surface area contributed by atoms with Gasteiger partial charge in [-0.1, -0.05) is 67.1 Å². The molecule has 1 aliphatic rings. The number of hydrogen-bond donors (Lipinski definition) is 0. The molecule has 0 unspecified atom stereocenters. The van der Waals surface area contributed by atoms with Gasteiger partial charge in [-0.15, -0.1) is 0 Å². The Morgan fingerprint density at radius 3 is 1.61 bits per heavy atom. The van der Waals surface area contributed by atoms with Gasteiger partial charge < -0.3 is 0 Å². The molecule has 0 amide bonds. The molecule has 0 atom stereocenters. The zero-order valence-corrected chi connectivity index (χ0v) is 14.0. The van der Waals surface area contributed by atoms with Gasteiger partial charge in [0.05, 0.1) is 0 Å². The average Bonchev–Trinajstić information content (AvgIpc) is 2.64. The lowest BCUT2D eigenvalue weighted by Crippen LogP contribution is -2.47. The van der Waals surface area contributed by atoms with Crippen LogP contribution < -0.4 is 0 Å². The van der Waals surface area contributed by atoms with Gasteiger partial charge in [-0.2, -0.15) is 0 Å². The van der Waals surface area contributed by atoms with Crippen molar-refractivity contribution in [1.29, 1.82) is 0 Å². The number of hydrazine groups is 1. The average molecular weight is 308 g/mol. The van der Waals surface area contributed by atoms with Gasteiger partial charge >= 0.3 is 0 Å². The van der Waals surface area contributed by atoms with E-state index < -0.39 is 0 Å². The van der Waals surface area contributed by atoms with E-state index in [1.165, 1.54) is 43.5 Å². The van der Waals surface area contributed by atoms with Gasteiger partial charge in [0.15, 0.2) is 0 Å². The third-order valence-electron chi connectivity index (χ3n) is 4.74. The zero-order chi connectivity index (χ0) is 15.7. The topological polar surface area (TPSA) is 6.48 Å². The molecule has 122 valence electrons. The van der Waals surface area contributed by atoms with Crippen molar-refractivity contribution in [3.63, 3.8) is 0 Å². The number of nitrogens with zero attached hydrogens (tertiary/aromatic N) is 2. The molecule has 0 N–H and O–H groups in total. The highest BCUT2D eigenvalue weighted by Crippen LogP contribution is 2.14. The fourth-order valence-corrected chi connectivity index (χ4v) is 3.36. The van der Waals surface area contributed by atoms with Crippen molar-refractivity contribution < 1.29 is 0 Å². The van der Waals surface area contributed by atoms with E-state index in [0.717, 1.165) is 25.9 Å². The molecule has 0 aliphatic carbocycles. The molecule has 0 bridgehead atoms. The molecule has 1 aliphatic heterocycles. The number of rotatable bonds is 7. The standard InChI is InChI=1S/C21H28N2/c1-4-10-20(11-5-1)14-18-23(22-16-8-3-9-17-22)19-15-21-12-6-2-7-13-21/h1-2,4-7,10-13H,3,8-9,14-19H2. The molecule has 3 rings (SSSR count). The molecule has 0 aromatic heterocycles. The van der Waals surface area contributed by atoms with Crippen LogP contribution in [0.4, 0.5) is 0 Å². The summed E-state index contributed by atoms with van der Waals surface area (Å²) in [5, 5.41) is 5.19. The van der Waals surface area contributed by atoms with Crippen LogP contribution in [0.1, 0.15) is 30.4 Å². The van der Waals surface area contributed by atoms with Gasteiger partial charge in [-0.3, -0.25) is 0 Å². The van der Waals surface area contributed by atoms with Crippen molar-refractivity contribution in [1.82, 2.24) is 10.0 Å². The summed E-state index contributed by atoms with van der Waals surface area (Å²) in [5.41, 5.74) is 2.88. The van der Waals surface area contributed by atoms with E-state index in [4.69, 9.17) is 0 Å². The molecule has 1 fully saturated rings. The van der Waals surface area contributed by atoms with Crippen LogP contribution in [0.3, 0.4) is 0 Å². The van der Waals surface area contributed by atoms with Crippen LogP contribution in [-0.2, 0) is 12.8 Å².